The van der Waals surface area contributed by atoms with Crippen molar-refractivity contribution in [1.29, 1.82) is 0 Å². The van der Waals surface area contributed by atoms with Crippen molar-refractivity contribution in [1.82, 2.24) is 0 Å². The molecule has 82 valence electrons. The van der Waals surface area contributed by atoms with E-state index < -0.39 is 0 Å². The monoisotopic (exact) mass is 196 g/mol. The molecule has 0 N–H and O–H groups in total. The van der Waals surface area contributed by atoms with Gasteiger partial charge in [-0.2, -0.15) is 0 Å². The van der Waals surface area contributed by atoms with E-state index in [1.54, 1.807) is 0 Å². The highest BCUT2D eigenvalue weighted by molar-refractivity contribution is 4.76. The van der Waals surface area contributed by atoms with Gasteiger partial charge in [-0.1, -0.05) is 44.4 Å². The second kappa shape index (κ2) is 12.3. The molecule has 1 heteroatoms. The van der Waals surface area contributed by atoms with Crippen LogP contribution in [0.3, 0.4) is 0 Å². The van der Waals surface area contributed by atoms with E-state index in [4.69, 9.17) is 4.74 Å². The summed E-state index contributed by atoms with van der Waals surface area (Å²) in [5, 5.41) is 0. The number of ether oxygens (including phenoxy) is 1. The molecule has 0 amide bonds. The topological polar surface area (TPSA) is 9.23 Å². The molecule has 0 atom stereocenters. The van der Waals surface area contributed by atoms with Gasteiger partial charge in [0.2, 0.25) is 0 Å². The van der Waals surface area contributed by atoms with Crippen molar-refractivity contribution < 1.29 is 4.74 Å². The Labute approximate surface area is 88.9 Å². The summed E-state index contributed by atoms with van der Waals surface area (Å²) in [5.41, 5.74) is 0. The Hall–Kier alpha value is -0.720. The lowest BCUT2D eigenvalue weighted by Gasteiger charge is -2.01. The van der Waals surface area contributed by atoms with Gasteiger partial charge in [0.15, 0.2) is 0 Å². The first-order chi connectivity index (χ1) is 6.91. The van der Waals surface area contributed by atoms with E-state index in [-0.39, 0.29) is 0 Å². The first kappa shape index (κ1) is 13.3. The molecule has 0 aromatic rings. The fourth-order valence-corrected chi connectivity index (χ4v) is 1.40. The van der Waals surface area contributed by atoms with E-state index in [9.17, 15) is 0 Å². The molecule has 0 bridgehead atoms. The molecule has 0 saturated heterocycles. The van der Waals surface area contributed by atoms with Gasteiger partial charge in [0.25, 0.3) is 0 Å². The minimum atomic E-state index is 0.835. The Bertz CT molecular complexity index is 138. The minimum Gasteiger partial charge on any atom is -0.502 e. The lowest BCUT2D eigenvalue weighted by Crippen LogP contribution is -1.87. The average molecular weight is 196 g/mol. The van der Waals surface area contributed by atoms with Crippen LogP contribution in [0.1, 0.15) is 51.9 Å². The highest BCUT2D eigenvalue weighted by atomic mass is 16.5. The van der Waals surface area contributed by atoms with Crippen molar-refractivity contribution in [2.45, 2.75) is 51.9 Å². The largest absolute Gasteiger partial charge is 0.502 e. The van der Waals surface area contributed by atoms with Crippen LogP contribution in [-0.4, -0.2) is 6.61 Å². The van der Waals surface area contributed by atoms with Gasteiger partial charge in [0.1, 0.15) is 0 Å². The van der Waals surface area contributed by atoms with E-state index in [0.29, 0.717) is 0 Å². The molecule has 1 nitrogen and oxygen atoms in total. The Morgan fingerprint density at radius 1 is 1.00 bits per heavy atom. The van der Waals surface area contributed by atoms with Crippen molar-refractivity contribution in [3.05, 3.63) is 25.0 Å². The SMILES string of the molecule is C=COCCCCCCCC/C=C/C. The van der Waals surface area contributed by atoms with E-state index in [2.05, 4.69) is 25.7 Å². The zero-order chi connectivity index (χ0) is 10.5. The van der Waals surface area contributed by atoms with Crippen LogP contribution in [0.5, 0.6) is 0 Å². The molecule has 0 unspecified atom stereocenters. The summed E-state index contributed by atoms with van der Waals surface area (Å²) in [7, 11) is 0. The van der Waals surface area contributed by atoms with Crippen molar-refractivity contribution >= 4 is 0 Å². The van der Waals surface area contributed by atoms with Crippen LogP contribution in [0.25, 0.3) is 0 Å². The lowest BCUT2D eigenvalue weighted by atomic mass is 10.1. The van der Waals surface area contributed by atoms with E-state index in [0.717, 1.165) is 6.61 Å². The Morgan fingerprint density at radius 3 is 2.29 bits per heavy atom. The quantitative estimate of drug-likeness (QED) is 0.285. The molecule has 0 aromatic carbocycles. The molecular weight excluding hydrogens is 172 g/mol. The molecule has 0 heterocycles. The van der Waals surface area contributed by atoms with E-state index >= 15 is 0 Å². The fourth-order valence-electron chi connectivity index (χ4n) is 1.40. The zero-order valence-corrected chi connectivity index (χ0v) is 9.50. The third kappa shape index (κ3) is 11.3. The number of unbranched alkanes of at least 4 members (excludes halogenated alkanes) is 6. The minimum absolute atomic E-state index is 0.835. The molecule has 0 aliphatic rings. The molecule has 0 spiro atoms. The normalized spacial score (nSPS) is 10.6. The Morgan fingerprint density at radius 2 is 1.64 bits per heavy atom. The molecule has 0 aliphatic heterocycles. The van der Waals surface area contributed by atoms with Crippen LogP contribution in [0, 0.1) is 0 Å². The van der Waals surface area contributed by atoms with Crippen LogP contribution in [0.15, 0.2) is 25.0 Å². The van der Waals surface area contributed by atoms with Gasteiger partial charge in [0.05, 0.1) is 12.9 Å². The third-order valence-corrected chi connectivity index (χ3v) is 2.24. The zero-order valence-electron chi connectivity index (χ0n) is 9.50. The summed E-state index contributed by atoms with van der Waals surface area (Å²) in [4.78, 5) is 0. The van der Waals surface area contributed by atoms with Gasteiger partial charge in [-0.15, -0.1) is 0 Å². The van der Waals surface area contributed by atoms with Crippen LogP contribution >= 0.6 is 0 Å². The molecular formula is C13H24O. The summed E-state index contributed by atoms with van der Waals surface area (Å²) < 4.78 is 5.05. The number of allylic oxidation sites excluding steroid dienone is 2. The van der Waals surface area contributed by atoms with Crippen molar-refractivity contribution in [3.63, 3.8) is 0 Å². The molecule has 0 saturated carbocycles. The Balaban J connectivity index is 2.88. The molecule has 0 aromatic heterocycles. The van der Waals surface area contributed by atoms with E-state index in [1.165, 1.54) is 51.2 Å². The van der Waals surface area contributed by atoms with Gasteiger partial charge in [-0.25, -0.2) is 0 Å². The molecule has 0 radical (unpaired) electrons. The summed E-state index contributed by atoms with van der Waals surface area (Å²) in [5.74, 6) is 0. The van der Waals surface area contributed by atoms with Crippen LogP contribution < -0.4 is 0 Å². The fraction of sp³-hybridized carbons (Fsp3) is 0.692. The second-order valence-corrected chi connectivity index (χ2v) is 3.52. The van der Waals surface area contributed by atoms with Gasteiger partial charge < -0.3 is 4.74 Å². The smallest absolute Gasteiger partial charge is 0.0873 e. The molecule has 0 rings (SSSR count). The predicted octanol–water partition coefficient (Wildman–Crippen LogP) is 4.45. The standard InChI is InChI=1S/C13H24O/c1-3-5-6-7-8-9-10-11-12-13-14-4-2/h3-5H,2,6-13H2,1H3/b5-3+. The number of hydrogen-bond acceptors (Lipinski definition) is 1. The Kier molecular flexibility index (Phi) is 11.6. The van der Waals surface area contributed by atoms with Gasteiger partial charge in [0, 0.05) is 0 Å². The molecule has 14 heavy (non-hydrogen) atoms. The highest BCUT2D eigenvalue weighted by Crippen LogP contribution is 2.07. The first-order valence-corrected chi connectivity index (χ1v) is 5.75. The number of rotatable bonds is 10. The number of hydrogen-bond donors (Lipinski definition) is 0. The maximum Gasteiger partial charge on any atom is 0.0873 e. The van der Waals surface area contributed by atoms with Gasteiger partial charge in [-0.05, 0) is 26.2 Å². The predicted molar refractivity (Wildman–Crippen MR) is 63.3 cm³/mol. The second-order valence-electron chi connectivity index (χ2n) is 3.52. The van der Waals surface area contributed by atoms with Crippen molar-refractivity contribution in [3.8, 4) is 0 Å². The molecule has 0 fully saturated rings. The lowest BCUT2D eigenvalue weighted by molar-refractivity contribution is 0.241. The maximum atomic E-state index is 5.05. The molecule has 0 aliphatic carbocycles. The maximum absolute atomic E-state index is 5.05. The van der Waals surface area contributed by atoms with Crippen molar-refractivity contribution in [2.75, 3.05) is 6.61 Å². The van der Waals surface area contributed by atoms with Crippen molar-refractivity contribution in [2.24, 2.45) is 0 Å². The third-order valence-electron chi connectivity index (χ3n) is 2.24. The summed E-state index contributed by atoms with van der Waals surface area (Å²) in [6, 6.07) is 0. The summed E-state index contributed by atoms with van der Waals surface area (Å²) >= 11 is 0. The highest BCUT2D eigenvalue weighted by Gasteiger charge is 1.90. The van der Waals surface area contributed by atoms with Crippen LogP contribution in [0.2, 0.25) is 0 Å². The summed E-state index contributed by atoms with van der Waals surface area (Å²) in [6.07, 6.45) is 15.0. The van der Waals surface area contributed by atoms with Gasteiger partial charge >= 0.3 is 0 Å². The van der Waals surface area contributed by atoms with Gasteiger partial charge in [-0.3, -0.25) is 0 Å². The first-order valence-electron chi connectivity index (χ1n) is 5.75. The van der Waals surface area contributed by atoms with Crippen LogP contribution in [-0.2, 0) is 4.74 Å². The summed E-state index contributed by atoms with van der Waals surface area (Å²) in [6.45, 7) is 6.43. The van der Waals surface area contributed by atoms with Crippen LogP contribution in [0.4, 0.5) is 0 Å². The van der Waals surface area contributed by atoms with E-state index in [1.807, 2.05) is 0 Å². The average Bonchev–Trinajstić information content (AvgIpc) is 2.21.